The summed E-state index contributed by atoms with van der Waals surface area (Å²) in [6.07, 6.45) is 3.00. The standard InChI is InChI=1S/C14H15ClN2O2/c1-19-11-14(18)17(9-3-2-8-16)10-12-4-6-13(15)7-5-12/h2-7H,9-11H2,1H3/b3-2+. The predicted octanol–water partition coefficient (Wildman–Crippen LogP) is 2.39. The van der Waals surface area contributed by atoms with E-state index < -0.39 is 0 Å². The van der Waals surface area contributed by atoms with Crippen molar-refractivity contribution in [3.05, 3.63) is 47.0 Å². The van der Waals surface area contributed by atoms with E-state index in [-0.39, 0.29) is 12.5 Å². The highest BCUT2D eigenvalue weighted by molar-refractivity contribution is 6.30. The van der Waals surface area contributed by atoms with E-state index in [0.717, 1.165) is 5.56 Å². The smallest absolute Gasteiger partial charge is 0.249 e. The number of allylic oxidation sites excluding steroid dienone is 1. The summed E-state index contributed by atoms with van der Waals surface area (Å²) in [5, 5.41) is 9.12. The summed E-state index contributed by atoms with van der Waals surface area (Å²) in [6.45, 7) is 0.849. The van der Waals surface area contributed by atoms with E-state index in [4.69, 9.17) is 21.6 Å². The Balaban J connectivity index is 2.72. The molecule has 4 nitrogen and oxygen atoms in total. The molecular formula is C14H15ClN2O2. The first kappa shape index (κ1) is 15.2. The van der Waals surface area contributed by atoms with Crippen LogP contribution in [0.4, 0.5) is 0 Å². The van der Waals surface area contributed by atoms with E-state index in [1.54, 1.807) is 23.1 Å². The molecule has 0 spiro atoms. The summed E-state index contributed by atoms with van der Waals surface area (Å²) in [6, 6.07) is 9.18. The molecule has 1 rings (SSSR count). The summed E-state index contributed by atoms with van der Waals surface area (Å²) in [4.78, 5) is 13.5. The van der Waals surface area contributed by atoms with Crippen molar-refractivity contribution in [3.8, 4) is 6.07 Å². The molecule has 0 aliphatic carbocycles. The predicted molar refractivity (Wildman–Crippen MR) is 73.5 cm³/mol. The number of amides is 1. The molecule has 19 heavy (non-hydrogen) atoms. The molecule has 1 amide bonds. The van der Waals surface area contributed by atoms with Crippen molar-refractivity contribution in [1.82, 2.24) is 4.90 Å². The van der Waals surface area contributed by atoms with Gasteiger partial charge in [0, 0.05) is 31.3 Å². The van der Waals surface area contributed by atoms with Gasteiger partial charge >= 0.3 is 0 Å². The molecule has 1 aromatic carbocycles. The van der Waals surface area contributed by atoms with Gasteiger partial charge in [-0.2, -0.15) is 5.26 Å². The van der Waals surface area contributed by atoms with Gasteiger partial charge in [-0.1, -0.05) is 29.8 Å². The van der Waals surface area contributed by atoms with Crippen molar-refractivity contribution in [2.45, 2.75) is 6.54 Å². The third-order valence-corrected chi connectivity index (χ3v) is 2.68. The van der Waals surface area contributed by atoms with Crippen molar-refractivity contribution in [1.29, 1.82) is 5.26 Å². The SMILES string of the molecule is COCC(=O)N(C/C=C/C#N)Cc1ccc(Cl)cc1. The third-order valence-electron chi connectivity index (χ3n) is 2.43. The molecule has 0 unspecified atom stereocenters. The first-order valence-electron chi connectivity index (χ1n) is 5.73. The van der Waals surface area contributed by atoms with Crippen LogP contribution in [-0.4, -0.2) is 31.1 Å². The van der Waals surface area contributed by atoms with E-state index in [1.807, 2.05) is 18.2 Å². The molecule has 5 heteroatoms. The lowest BCUT2D eigenvalue weighted by atomic mass is 10.2. The third kappa shape index (κ3) is 5.56. The van der Waals surface area contributed by atoms with E-state index in [9.17, 15) is 4.79 Å². The minimum atomic E-state index is -0.125. The summed E-state index contributed by atoms with van der Waals surface area (Å²) >= 11 is 5.82. The second-order valence-corrected chi connectivity index (χ2v) is 4.30. The second-order valence-electron chi connectivity index (χ2n) is 3.87. The Kier molecular flexibility index (Phi) is 6.65. The normalized spacial score (nSPS) is 10.4. The molecule has 0 bridgehead atoms. The number of benzene rings is 1. The largest absolute Gasteiger partial charge is 0.375 e. The van der Waals surface area contributed by atoms with Crippen LogP contribution >= 0.6 is 11.6 Å². The van der Waals surface area contributed by atoms with Crippen molar-refractivity contribution >= 4 is 17.5 Å². The zero-order valence-corrected chi connectivity index (χ0v) is 11.4. The second kappa shape index (κ2) is 8.30. The fourth-order valence-corrected chi connectivity index (χ4v) is 1.64. The Morgan fingerprint density at radius 1 is 1.47 bits per heavy atom. The van der Waals surface area contributed by atoms with Gasteiger partial charge in [0.15, 0.2) is 0 Å². The monoisotopic (exact) mass is 278 g/mol. The highest BCUT2D eigenvalue weighted by Gasteiger charge is 2.12. The quantitative estimate of drug-likeness (QED) is 0.751. The van der Waals surface area contributed by atoms with Gasteiger partial charge < -0.3 is 9.64 Å². The number of hydrogen-bond donors (Lipinski definition) is 0. The lowest BCUT2D eigenvalue weighted by Gasteiger charge is -2.20. The Labute approximate surface area is 117 Å². The van der Waals surface area contributed by atoms with E-state index in [0.29, 0.717) is 18.1 Å². The van der Waals surface area contributed by atoms with Crippen molar-refractivity contribution in [2.24, 2.45) is 0 Å². The average molecular weight is 279 g/mol. The summed E-state index contributed by atoms with van der Waals surface area (Å²) in [5.74, 6) is -0.125. The molecule has 1 aromatic rings. The Bertz CT molecular complexity index is 477. The highest BCUT2D eigenvalue weighted by atomic mass is 35.5. The van der Waals surface area contributed by atoms with E-state index in [1.165, 1.54) is 13.2 Å². The van der Waals surface area contributed by atoms with Gasteiger partial charge in [0.1, 0.15) is 6.61 Å². The molecular weight excluding hydrogens is 264 g/mol. The van der Waals surface area contributed by atoms with E-state index >= 15 is 0 Å². The van der Waals surface area contributed by atoms with Crippen molar-refractivity contribution in [3.63, 3.8) is 0 Å². The average Bonchev–Trinajstić information content (AvgIpc) is 2.40. The van der Waals surface area contributed by atoms with Gasteiger partial charge in [0.2, 0.25) is 5.91 Å². The molecule has 0 saturated heterocycles. The van der Waals surface area contributed by atoms with Crippen LogP contribution < -0.4 is 0 Å². The summed E-state index contributed by atoms with van der Waals surface area (Å²) < 4.78 is 4.85. The van der Waals surface area contributed by atoms with Crippen LogP contribution in [0.1, 0.15) is 5.56 Å². The van der Waals surface area contributed by atoms with Crippen LogP contribution in [0.3, 0.4) is 0 Å². The molecule has 100 valence electrons. The van der Waals surface area contributed by atoms with Gasteiger partial charge in [0.25, 0.3) is 0 Å². The fraction of sp³-hybridized carbons (Fsp3) is 0.286. The number of rotatable bonds is 6. The molecule has 0 radical (unpaired) electrons. The lowest BCUT2D eigenvalue weighted by Crippen LogP contribution is -2.33. The topological polar surface area (TPSA) is 53.3 Å². The van der Waals surface area contributed by atoms with Crippen molar-refractivity contribution < 1.29 is 9.53 Å². The van der Waals surface area contributed by atoms with Crippen molar-refractivity contribution in [2.75, 3.05) is 20.3 Å². The molecule has 0 N–H and O–H groups in total. The van der Waals surface area contributed by atoms with Crippen LogP contribution in [-0.2, 0) is 16.1 Å². The van der Waals surface area contributed by atoms with Crippen LogP contribution in [0.15, 0.2) is 36.4 Å². The first-order chi connectivity index (χ1) is 9.17. The number of nitriles is 1. The van der Waals surface area contributed by atoms with Gasteiger partial charge in [-0.3, -0.25) is 4.79 Å². The van der Waals surface area contributed by atoms with Crippen LogP contribution in [0.25, 0.3) is 0 Å². The maximum Gasteiger partial charge on any atom is 0.249 e. The molecule has 0 aliphatic heterocycles. The van der Waals surface area contributed by atoms with Gasteiger partial charge in [0.05, 0.1) is 6.07 Å². The number of ether oxygens (including phenoxy) is 1. The fourth-order valence-electron chi connectivity index (χ4n) is 1.51. The van der Waals surface area contributed by atoms with Gasteiger partial charge in [-0.25, -0.2) is 0 Å². The molecule has 0 atom stereocenters. The summed E-state index contributed by atoms with van der Waals surface area (Å²) in [7, 11) is 1.48. The molecule has 0 aliphatic rings. The number of halogens is 1. The number of methoxy groups -OCH3 is 1. The number of hydrogen-bond acceptors (Lipinski definition) is 3. The maximum atomic E-state index is 11.9. The lowest BCUT2D eigenvalue weighted by molar-refractivity contribution is -0.135. The molecule has 0 heterocycles. The Hall–Kier alpha value is -1.83. The Morgan fingerprint density at radius 3 is 2.74 bits per heavy atom. The molecule has 0 fully saturated rings. The molecule has 0 aromatic heterocycles. The Morgan fingerprint density at radius 2 is 2.16 bits per heavy atom. The number of carbonyl (C=O) groups excluding carboxylic acids is 1. The van der Waals surface area contributed by atoms with E-state index in [2.05, 4.69) is 0 Å². The maximum absolute atomic E-state index is 11.9. The zero-order valence-electron chi connectivity index (χ0n) is 10.7. The number of carbonyl (C=O) groups is 1. The number of nitrogens with zero attached hydrogens (tertiary/aromatic N) is 2. The minimum Gasteiger partial charge on any atom is -0.375 e. The van der Waals surface area contributed by atoms with Crippen LogP contribution in [0, 0.1) is 11.3 Å². The molecule has 0 saturated carbocycles. The zero-order chi connectivity index (χ0) is 14.1. The van der Waals surface area contributed by atoms with Gasteiger partial charge in [-0.15, -0.1) is 0 Å². The minimum absolute atomic E-state index is 0.0218. The summed E-state index contributed by atoms with van der Waals surface area (Å²) in [5.41, 5.74) is 0.971. The van der Waals surface area contributed by atoms with Crippen LogP contribution in [0.5, 0.6) is 0 Å². The van der Waals surface area contributed by atoms with Crippen LogP contribution in [0.2, 0.25) is 5.02 Å². The van der Waals surface area contributed by atoms with Gasteiger partial charge in [-0.05, 0) is 17.7 Å². The highest BCUT2D eigenvalue weighted by Crippen LogP contribution is 2.11. The first-order valence-corrected chi connectivity index (χ1v) is 6.11.